The summed E-state index contributed by atoms with van der Waals surface area (Å²) in [5, 5.41) is 4.18. The van der Waals surface area contributed by atoms with Crippen molar-refractivity contribution in [3.63, 3.8) is 0 Å². The first-order chi connectivity index (χ1) is 15.1. The van der Waals surface area contributed by atoms with Crippen molar-refractivity contribution in [3.05, 3.63) is 71.3 Å². The highest BCUT2D eigenvalue weighted by Gasteiger charge is 2.38. The Labute approximate surface area is 175 Å². The maximum absolute atomic E-state index is 13.4. The Morgan fingerprint density at radius 2 is 1.72 bits per heavy atom. The number of fused-ring (bicyclic) bond motifs is 2. The fourth-order valence-electron chi connectivity index (χ4n) is 3.79. The minimum absolute atomic E-state index is 0.00949. The molecule has 7 nitrogen and oxygen atoms in total. The van der Waals surface area contributed by atoms with Crippen molar-refractivity contribution in [3.8, 4) is 0 Å². The Hall–Kier alpha value is -3.64. The zero-order chi connectivity index (χ0) is 22.7. The van der Waals surface area contributed by atoms with Gasteiger partial charge >= 0.3 is 12.4 Å². The molecule has 0 amide bonds. The van der Waals surface area contributed by atoms with Crippen LogP contribution in [0.15, 0.2) is 43.0 Å². The van der Waals surface area contributed by atoms with Crippen LogP contribution in [0.1, 0.15) is 34.4 Å². The number of hydrogen-bond acceptors (Lipinski definition) is 5. The second-order valence-electron chi connectivity index (χ2n) is 7.20. The van der Waals surface area contributed by atoms with E-state index < -0.39 is 29.7 Å². The van der Waals surface area contributed by atoms with Gasteiger partial charge in [-0.2, -0.15) is 31.4 Å². The molecular weight excluding hydrogens is 440 g/mol. The van der Waals surface area contributed by atoms with Crippen LogP contribution in [0.3, 0.4) is 0 Å². The smallest absolute Gasteiger partial charge is 0.348 e. The molecule has 0 aliphatic carbocycles. The molecule has 4 aromatic heterocycles. The van der Waals surface area contributed by atoms with Gasteiger partial charge in [0, 0.05) is 31.1 Å². The Kier molecular flexibility index (Phi) is 4.39. The molecule has 0 radical (unpaired) electrons. The average Bonchev–Trinajstić information content (AvgIpc) is 3.38. The molecule has 0 fully saturated rings. The predicted octanol–water partition coefficient (Wildman–Crippen LogP) is 4.04. The summed E-state index contributed by atoms with van der Waals surface area (Å²) in [7, 11) is 0. The molecule has 0 spiro atoms. The highest BCUT2D eigenvalue weighted by atomic mass is 19.4. The number of nitrogens with zero attached hydrogens (tertiary/aromatic N) is 6. The molecule has 0 unspecified atom stereocenters. The number of nitrogens with one attached hydrogen (secondary N) is 1. The number of alkyl halides is 6. The molecule has 0 aromatic carbocycles. The van der Waals surface area contributed by atoms with Crippen LogP contribution in [0, 0.1) is 0 Å². The van der Waals surface area contributed by atoms with Gasteiger partial charge in [-0.05, 0) is 18.2 Å². The van der Waals surface area contributed by atoms with Gasteiger partial charge in [-0.25, -0.2) is 19.5 Å². The average molecular weight is 453 g/mol. The first-order valence-electron chi connectivity index (χ1n) is 9.37. The highest BCUT2D eigenvalue weighted by Crippen LogP contribution is 2.37. The van der Waals surface area contributed by atoms with E-state index in [0.717, 1.165) is 16.3 Å². The number of pyridine rings is 1. The van der Waals surface area contributed by atoms with Gasteiger partial charge in [0.15, 0.2) is 0 Å². The van der Waals surface area contributed by atoms with E-state index in [1.807, 2.05) is 0 Å². The lowest BCUT2D eigenvalue weighted by atomic mass is 10.0. The van der Waals surface area contributed by atoms with Crippen LogP contribution in [0.2, 0.25) is 0 Å². The zero-order valence-corrected chi connectivity index (χ0v) is 16.0. The van der Waals surface area contributed by atoms with Crippen molar-refractivity contribution in [2.45, 2.75) is 24.8 Å². The summed E-state index contributed by atoms with van der Waals surface area (Å²) >= 11 is 0. The second-order valence-corrected chi connectivity index (χ2v) is 7.20. The van der Waals surface area contributed by atoms with E-state index in [0.29, 0.717) is 31.1 Å². The van der Waals surface area contributed by atoms with Gasteiger partial charge in [-0.3, -0.25) is 0 Å². The number of halogens is 6. The Morgan fingerprint density at radius 3 is 2.41 bits per heavy atom. The molecule has 0 bridgehead atoms. The standard InChI is InChI=1S/C19H13F6N7/c20-18(21,22)10-7-26-17(27-8-10)31-5-4-12-15(29-9-28-12)16(31)13-6-11-2-1-3-14(19(23,24)25)32(11)30-13/h1-3,6-9,16H,4-5H2,(H,28,29)/t16-/m1/s1. The Balaban J connectivity index is 1.63. The molecule has 0 saturated heterocycles. The lowest BCUT2D eigenvalue weighted by molar-refractivity contribution is -0.142. The maximum atomic E-state index is 13.4. The molecule has 32 heavy (non-hydrogen) atoms. The van der Waals surface area contributed by atoms with E-state index in [-0.39, 0.29) is 17.2 Å². The first-order valence-corrected chi connectivity index (χ1v) is 9.37. The molecule has 4 aromatic rings. The second kappa shape index (κ2) is 6.93. The van der Waals surface area contributed by atoms with Crippen LogP contribution in [0.4, 0.5) is 32.3 Å². The van der Waals surface area contributed by atoms with Gasteiger partial charge < -0.3 is 9.88 Å². The fraction of sp³-hybridized carbons (Fsp3) is 0.263. The van der Waals surface area contributed by atoms with Crippen molar-refractivity contribution in [2.24, 2.45) is 0 Å². The van der Waals surface area contributed by atoms with Crippen molar-refractivity contribution in [2.75, 3.05) is 11.4 Å². The van der Waals surface area contributed by atoms with Crippen molar-refractivity contribution < 1.29 is 26.3 Å². The number of imidazole rings is 1. The topological polar surface area (TPSA) is 75.0 Å². The molecule has 1 N–H and O–H groups in total. The quantitative estimate of drug-likeness (QED) is 0.464. The summed E-state index contributed by atoms with van der Waals surface area (Å²) in [6.07, 6.45) is -5.95. The van der Waals surface area contributed by atoms with E-state index in [2.05, 4.69) is 25.0 Å². The van der Waals surface area contributed by atoms with E-state index in [1.165, 1.54) is 24.5 Å². The lowest BCUT2D eigenvalue weighted by Gasteiger charge is -2.33. The number of hydrogen-bond donors (Lipinski definition) is 1. The van der Waals surface area contributed by atoms with Crippen LogP contribution in [0.25, 0.3) is 5.52 Å². The third-order valence-electron chi connectivity index (χ3n) is 5.22. The van der Waals surface area contributed by atoms with Crippen LogP contribution in [-0.2, 0) is 18.8 Å². The molecular formula is C19H13F6N7. The summed E-state index contributed by atoms with van der Waals surface area (Å²) in [4.78, 5) is 16.6. The van der Waals surface area contributed by atoms with Gasteiger partial charge in [0.25, 0.3) is 0 Å². The van der Waals surface area contributed by atoms with Gasteiger partial charge in [0.1, 0.15) is 11.7 Å². The van der Waals surface area contributed by atoms with Gasteiger partial charge in [0.05, 0.1) is 28.8 Å². The van der Waals surface area contributed by atoms with E-state index in [9.17, 15) is 26.3 Å². The molecule has 5 heterocycles. The van der Waals surface area contributed by atoms with E-state index in [1.54, 1.807) is 4.90 Å². The van der Waals surface area contributed by atoms with Crippen LogP contribution in [-0.4, -0.2) is 36.1 Å². The number of aromatic amines is 1. The first kappa shape index (κ1) is 20.3. The zero-order valence-electron chi connectivity index (χ0n) is 16.0. The number of H-pyrrole nitrogens is 1. The molecule has 1 aliphatic rings. The minimum atomic E-state index is -4.62. The van der Waals surface area contributed by atoms with Crippen molar-refractivity contribution >= 4 is 11.5 Å². The van der Waals surface area contributed by atoms with E-state index >= 15 is 0 Å². The lowest BCUT2D eigenvalue weighted by Crippen LogP contribution is -2.37. The summed E-state index contributed by atoms with van der Waals surface area (Å²) in [6.45, 7) is 0.297. The van der Waals surface area contributed by atoms with Crippen LogP contribution >= 0.6 is 0 Å². The van der Waals surface area contributed by atoms with Gasteiger partial charge in [0.2, 0.25) is 5.95 Å². The maximum Gasteiger partial charge on any atom is 0.433 e. The summed E-state index contributed by atoms with van der Waals surface area (Å²) in [6, 6.07) is 4.38. The molecule has 1 aliphatic heterocycles. The van der Waals surface area contributed by atoms with E-state index in [4.69, 9.17) is 0 Å². The number of aromatic nitrogens is 6. The van der Waals surface area contributed by atoms with Gasteiger partial charge in [-0.15, -0.1) is 0 Å². The fourth-order valence-corrected chi connectivity index (χ4v) is 3.79. The summed E-state index contributed by atoms with van der Waals surface area (Å²) < 4.78 is 79.8. The predicted molar refractivity (Wildman–Crippen MR) is 98.7 cm³/mol. The molecule has 166 valence electrons. The normalized spacial score (nSPS) is 17.1. The Bertz CT molecular complexity index is 1270. The summed E-state index contributed by atoms with van der Waals surface area (Å²) in [5.41, 5.74) is -0.249. The third-order valence-corrected chi connectivity index (χ3v) is 5.22. The van der Waals surface area contributed by atoms with Crippen LogP contribution in [0.5, 0.6) is 0 Å². The number of anilines is 1. The minimum Gasteiger partial charge on any atom is -0.348 e. The number of rotatable bonds is 2. The SMILES string of the molecule is FC(F)(F)c1cnc(N2CCc3[nH]cnc3[C@H]2c2cc3cccc(C(F)(F)F)n3n2)nc1. The molecule has 5 rings (SSSR count). The van der Waals surface area contributed by atoms with Crippen LogP contribution < -0.4 is 4.90 Å². The van der Waals surface area contributed by atoms with Crippen molar-refractivity contribution in [1.82, 2.24) is 29.5 Å². The highest BCUT2D eigenvalue weighted by molar-refractivity contribution is 5.53. The third kappa shape index (κ3) is 3.33. The molecule has 1 atom stereocenters. The van der Waals surface area contributed by atoms with Crippen molar-refractivity contribution in [1.29, 1.82) is 0 Å². The Morgan fingerprint density at radius 1 is 0.969 bits per heavy atom. The molecule has 0 saturated carbocycles. The molecule has 13 heteroatoms. The van der Waals surface area contributed by atoms with Gasteiger partial charge in [-0.1, -0.05) is 6.07 Å². The summed E-state index contributed by atoms with van der Waals surface area (Å²) in [5.74, 6) is -0.00949. The largest absolute Gasteiger partial charge is 0.433 e. The monoisotopic (exact) mass is 453 g/mol.